The summed E-state index contributed by atoms with van der Waals surface area (Å²) >= 11 is 1.47. The third-order valence-corrected chi connectivity index (χ3v) is 9.30. The molecule has 2 bridgehead atoms. The van der Waals surface area contributed by atoms with Crippen molar-refractivity contribution < 1.29 is 18.3 Å². The summed E-state index contributed by atoms with van der Waals surface area (Å²) in [7, 11) is 0. The van der Waals surface area contributed by atoms with Gasteiger partial charge in [-0.25, -0.2) is 23.1 Å². The zero-order valence-electron chi connectivity index (χ0n) is 24.9. The van der Waals surface area contributed by atoms with Gasteiger partial charge in [-0.05, 0) is 50.1 Å². The summed E-state index contributed by atoms with van der Waals surface area (Å²) in [6.07, 6.45) is 2.97. The average molecular weight is 619 g/mol. The first-order valence-corrected chi connectivity index (χ1v) is 15.5. The van der Waals surface area contributed by atoms with Gasteiger partial charge in [0.05, 0.1) is 28.9 Å². The number of halogens is 2. The first-order chi connectivity index (χ1) is 21.1. The van der Waals surface area contributed by atoms with Crippen LogP contribution in [0.3, 0.4) is 0 Å². The molecular formula is C32H32F2N6O3S. The van der Waals surface area contributed by atoms with E-state index in [1.807, 2.05) is 38.7 Å². The summed E-state index contributed by atoms with van der Waals surface area (Å²) < 4.78 is 38.9. The van der Waals surface area contributed by atoms with Gasteiger partial charge in [0.2, 0.25) is 5.91 Å². The highest BCUT2D eigenvalue weighted by molar-refractivity contribution is 7.99. The summed E-state index contributed by atoms with van der Waals surface area (Å²) in [6.45, 7) is 12.3. The Kier molecular flexibility index (Phi) is 7.87. The van der Waals surface area contributed by atoms with E-state index in [1.165, 1.54) is 40.6 Å². The van der Waals surface area contributed by atoms with Crippen LogP contribution < -0.4 is 15.3 Å². The molecule has 2 atom stereocenters. The van der Waals surface area contributed by atoms with E-state index in [0.29, 0.717) is 30.2 Å². The Bertz CT molecular complexity index is 1860. The molecule has 4 aromatic rings. The number of fused-ring (bicyclic) bond motifs is 5. The second-order valence-corrected chi connectivity index (χ2v) is 12.3. The molecule has 5 heterocycles. The van der Waals surface area contributed by atoms with E-state index in [1.54, 1.807) is 17.2 Å². The van der Waals surface area contributed by atoms with Crippen molar-refractivity contribution in [3.05, 3.63) is 77.0 Å². The number of piperazine rings is 1. The fraction of sp³-hybridized carbons (Fsp3) is 0.344. The van der Waals surface area contributed by atoms with Gasteiger partial charge in [-0.1, -0.05) is 26.5 Å². The van der Waals surface area contributed by atoms with Crippen LogP contribution in [0.25, 0.3) is 28.0 Å². The number of rotatable bonds is 3. The SMILES string of the molecule is C=CC(=O)N1CCN(c2nc(=O)n3c4nc(c(F)cc24)-c2c(F)cccc2OCCSc2ccnc(C(C)C)c2-3)[C@@H](C)[C@H]1C. The summed E-state index contributed by atoms with van der Waals surface area (Å²) in [5, 5.41) is 0.277. The molecule has 12 heteroatoms. The quantitative estimate of drug-likeness (QED) is 0.284. The standard InChI is InChI=1S/C32H32F2N6O3S/c1-6-25(41)38-12-13-39(19(5)18(38)4)30-20-16-22(34)28-26-21(33)8-7-9-23(26)43-14-15-44-24-10-11-35-27(17(2)3)29(24)40(31(20)36-28)32(42)37-30/h6-11,16-19H,1,12-15H2,2-5H3/t18-,19+/m1/s1. The first kappa shape index (κ1) is 29.7. The number of hydrogen-bond donors (Lipinski definition) is 0. The molecule has 0 saturated carbocycles. The number of amides is 1. The molecule has 0 spiro atoms. The van der Waals surface area contributed by atoms with Gasteiger partial charge in [0, 0.05) is 42.0 Å². The average Bonchev–Trinajstić information content (AvgIpc) is 2.99. The number of hydrogen-bond acceptors (Lipinski definition) is 8. The summed E-state index contributed by atoms with van der Waals surface area (Å²) in [5.74, 6) is -0.886. The maximum absolute atomic E-state index is 16.2. The number of ether oxygens (including phenoxy) is 1. The van der Waals surface area contributed by atoms with Crippen LogP contribution in [0.1, 0.15) is 39.3 Å². The lowest BCUT2D eigenvalue weighted by atomic mass is 10.0. The Morgan fingerprint density at radius 1 is 1.14 bits per heavy atom. The topological polar surface area (TPSA) is 93.5 Å². The van der Waals surface area contributed by atoms with Crippen LogP contribution in [0.2, 0.25) is 0 Å². The summed E-state index contributed by atoms with van der Waals surface area (Å²) in [6, 6.07) is 6.84. The predicted octanol–water partition coefficient (Wildman–Crippen LogP) is 5.34. The molecule has 1 aromatic carbocycles. The van der Waals surface area contributed by atoms with Crippen LogP contribution in [-0.2, 0) is 4.79 Å². The van der Waals surface area contributed by atoms with Crippen molar-refractivity contribution >= 4 is 34.5 Å². The van der Waals surface area contributed by atoms with Gasteiger partial charge in [0.25, 0.3) is 0 Å². The molecule has 6 rings (SSSR count). The van der Waals surface area contributed by atoms with Crippen LogP contribution in [0, 0.1) is 11.6 Å². The molecule has 9 nitrogen and oxygen atoms in total. The van der Waals surface area contributed by atoms with Gasteiger partial charge in [-0.2, -0.15) is 4.98 Å². The van der Waals surface area contributed by atoms with Crippen LogP contribution in [-0.4, -0.2) is 67.9 Å². The van der Waals surface area contributed by atoms with Gasteiger partial charge < -0.3 is 14.5 Å². The molecule has 44 heavy (non-hydrogen) atoms. The van der Waals surface area contributed by atoms with E-state index in [4.69, 9.17) is 9.72 Å². The van der Waals surface area contributed by atoms with Crippen molar-refractivity contribution in [2.75, 3.05) is 30.3 Å². The molecule has 0 N–H and O–H groups in total. The molecule has 0 unspecified atom stereocenters. The van der Waals surface area contributed by atoms with E-state index in [0.717, 1.165) is 4.90 Å². The van der Waals surface area contributed by atoms with Gasteiger partial charge in [0.1, 0.15) is 23.1 Å². The van der Waals surface area contributed by atoms with E-state index < -0.39 is 17.3 Å². The highest BCUT2D eigenvalue weighted by Gasteiger charge is 2.35. The lowest BCUT2D eigenvalue weighted by Crippen LogP contribution is -2.59. The van der Waals surface area contributed by atoms with Crippen LogP contribution >= 0.6 is 11.8 Å². The highest BCUT2D eigenvalue weighted by Crippen LogP contribution is 2.39. The molecule has 2 aliphatic heterocycles. The molecule has 1 saturated heterocycles. The maximum atomic E-state index is 16.2. The molecule has 3 aromatic heterocycles. The normalized spacial score (nSPS) is 18.3. The third kappa shape index (κ3) is 4.90. The second-order valence-electron chi connectivity index (χ2n) is 11.2. The van der Waals surface area contributed by atoms with E-state index >= 15 is 8.78 Å². The van der Waals surface area contributed by atoms with E-state index in [-0.39, 0.29) is 64.4 Å². The van der Waals surface area contributed by atoms with Crippen LogP contribution in [0.5, 0.6) is 5.75 Å². The predicted molar refractivity (Wildman–Crippen MR) is 167 cm³/mol. The van der Waals surface area contributed by atoms with Crippen molar-refractivity contribution in [1.82, 2.24) is 24.4 Å². The lowest BCUT2D eigenvalue weighted by molar-refractivity contribution is -0.129. The monoisotopic (exact) mass is 618 g/mol. The fourth-order valence-electron chi connectivity index (χ4n) is 5.94. The number of thioether (sulfide) groups is 1. The summed E-state index contributed by atoms with van der Waals surface area (Å²) in [4.78, 5) is 44.9. The molecular weight excluding hydrogens is 586 g/mol. The molecule has 1 amide bonds. The Hall–Kier alpha value is -4.32. The Labute approximate surface area is 257 Å². The molecule has 2 aliphatic rings. The second kappa shape index (κ2) is 11.6. The van der Waals surface area contributed by atoms with E-state index in [9.17, 15) is 9.59 Å². The smallest absolute Gasteiger partial charge is 0.355 e. The van der Waals surface area contributed by atoms with Gasteiger partial charge >= 0.3 is 5.69 Å². The van der Waals surface area contributed by atoms with Crippen molar-refractivity contribution in [1.29, 1.82) is 0 Å². The van der Waals surface area contributed by atoms with E-state index in [2.05, 4.69) is 16.5 Å². The largest absolute Gasteiger partial charge is 0.492 e. The van der Waals surface area contributed by atoms with Gasteiger partial charge in [-0.3, -0.25) is 9.78 Å². The maximum Gasteiger partial charge on any atom is 0.355 e. The molecule has 0 aliphatic carbocycles. The highest BCUT2D eigenvalue weighted by atomic mass is 32.2. The number of benzene rings is 1. The number of pyridine rings is 2. The summed E-state index contributed by atoms with van der Waals surface area (Å²) in [5.41, 5.74) is 0.244. The molecule has 0 radical (unpaired) electrons. The van der Waals surface area contributed by atoms with Crippen molar-refractivity contribution in [2.45, 2.75) is 50.6 Å². The molecule has 1 fully saturated rings. The fourth-order valence-corrected chi connectivity index (χ4v) is 6.82. The minimum absolute atomic E-state index is 0.0780. The number of nitrogens with zero attached hydrogens (tertiary/aromatic N) is 6. The number of anilines is 1. The van der Waals surface area contributed by atoms with Gasteiger partial charge in [-0.15, -0.1) is 11.8 Å². The lowest BCUT2D eigenvalue weighted by Gasteiger charge is -2.45. The van der Waals surface area contributed by atoms with Crippen molar-refractivity contribution in [2.24, 2.45) is 0 Å². The van der Waals surface area contributed by atoms with Crippen LogP contribution in [0.15, 0.2) is 58.9 Å². The van der Waals surface area contributed by atoms with Crippen molar-refractivity contribution in [3.8, 4) is 22.7 Å². The zero-order valence-corrected chi connectivity index (χ0v) is 25.7. The minimum Gasteiger partial charge on any atom is -0.492 e. The Balaban J connectivity index is 1.69. The first-order valence-electron chi connectivity index (χ1n) is 14.5. The Morgan fingerprint density at radius 3 is 2.68 bits per heavy atom. The number of aromatic nitrogens is 4. The van der Waals surface area contributed by atoms with Crippen molar-refractivity contribution in [3.63, 3.8) is 0 Å². The third-order valence-electron chi connectivity index (χ3n) is 8.29. The van der Waals surface area contributed by atoms with Gasteiger partial charge in [0.15, 0.2) is 11.5 Å². The zero-order chi connectivity index (χ0) is 31.3. The van der Waals surface area contributed by atoms with Crippen LogP contribution in [0.4, 0.5) is 14.6 Å². The minimum atomic E-state index is -0.788. The number of carbonyl (C=O) groups excluding carboxylic acids is 1. The molecule has 228 valence electrons. The Morgan fingerprint density at radius 2 is 1.93 bits per heavy atom. The number of carbonyl (C=O) groups is 1.